The Hall–Kier alpha value is -2.81. The van der Waals surface area contributed by atoms with E-state index in [4.69, 9.17) is 0 Å². The summed E-state index contributed by atoms with van der Waals surface area (Å²) >= 11 is 0. The number of imidazole rings is 1. The van der Waals surface area contributed by atoms with Crippen LogP contribution in [0.3, 0.4) is 0 Å². The summed E-state index contributed by atoms with van der Waals surface area (Å²) in [7, 11) is 0. The van der Waals surface area contributed by atoms with Crippen LogP contribution in [0.25, 0.3) is 0 Å². The highest BCUT2D eigenvalue weighted by Crippen LogP contribution is 2.18. The van der Waals surface area contributed by atoms with Gasteiger partial charge in [-0.1, -0.05) is 12.1 Å². The number of hydrogen-bond acceptors (Lipinski definition) is 4. The van der Waals surface area contributed by atoms with Gasteiger partial charge in [0, 0.05) is 50.7 Å². The normalized spacial score (nSPS) is 17.2. The summed E-state index contributed by atoms with van der Waals surface area (Å²) in [6, 6.07) is 3.25. The Morgan fingerprint density at radius 3 is 2.97 bits per heavy atom. The van der Waals surface area contributed by atoms with Gasteiger partial charge in [0.1, 0.15) is 5.82 Å². The second-order valence-electron chi connectivity index (χ2n) is 7.07. The first-order chi connectivity index (χ1) is 14.0. The minimum atomic E-state index is -0.925. The molecule has 29 heavy (non-hydrogen) atoms. The highest BCUT2D eigenvalue weighted by molar-refractivity contribution is 5.88. The number of aromatic nitrogens is 2. The summed E-state index contributed by atoms with van der Waals surface area (Å²) in [6.45, 7) is 4.05. The third-order valence-electron chi connectivity index (χ3n) is 5.05. The van der Waals surface area contributed by atoms with E-state index >= 15 is 0 Å². The number of rotatable bonds is 8. The van der Waals surface area contributed by atoms with Crippen molar-refractivity contribution in [2.75, 3.05) is 19.6 Å². The molecule has 0 spiro atoms. The molecule has 3 rings (SSSR count). The van der Waals surface area contributed by atoms with Crippen LogP contribution in [0.5, 0.6) is 0 Å². The van der Waals surface area contributed by atoms with Gasteiger partial charge in [-0.25, -0.2) is 13.8 Å². The molecule has 2 aromatic rings. The van der Waals surface area contributed by atoms with Crippen LogP contribution in [-0.2, 0) is 22.7 Å². The van der Waals surface area contributed by atoms with E-state index in [-0.39, 0.29) is 30.3 Å². The zero-order valence-corrected chi connectivity index (χ0v) is 16.3. The minimum absolute atomic E-state index is 0.0348. The van der Waals surface area contributed by atoms with Gasteiger partial charge in [-0.3, -0.25) is 14.5 Å². The summed E-state index contributed by atoms with van der Waals surface area (Å²) in [5, 5.41) is 5.56. The van der Waals surface area contributed by atoms with Crippen LogP contribution < -0.4 is 10.6 Å². The lowest BCUT2D eigenvalue weighted by Crippen LogP contribution is -2.56. The van der Waals surface area contributed by atoms with Gasteiger partial charge in [-0.05, 0) is 19.4 Å². The predicted octanol–water partition coefficient (Wildman–Crippen LogP) is 1.37. The molecular formula is C20H25F2N5O2. The van der Waals surface area contributed by atoms with Crippen molar-refractivity contribution in [1.82, 2.24) is 25.1 Å². The van der Waals surface area contributed by atoms with Crippen LogP contribution in [0.15, 0.2) is 30.6 Å². The Morgan fingerprint density at radius 2 is 2.21 bits per heavy atom. The molecule has 1 aliphatic heterocycles. The molecule has 0 aliphatic carbocycles. The van der Waals surface area contributed by atoms with Crippen molar-refractivity contribution in [2.45, 2.75) is 38.9 Å². The van der Waals surface area contributed by atoms with E-state index in [2.05, 4.69) is 15.6 Å². The molecule has 1 atom stereocenters. The molecule has 156 valence electrons. The summed E-state index contributed by atoms with van der Waals surface area (Å²) < 4.78 is 29.5. The smallest absolute Gasteiger partial charge is 0.237 e. The van der Waals surface area contributed by atoms with E-state index in [1.54, 1.807) is 11.1 Å². The van der Waals surface area contributed by atoms with Crippen molar-refractivity contribution in [3.8, 4) is 0 Å². The predicted molar refractivity (Wildman–Crippen MR) is 103 cm³/mol. The lowest BCUT2D eigenvalue weighted by molar-refractivity contribution is -0.134. The molecule has 0 unspecified atom stereocenters. The quantitative estimate of drug-likeness (QED) is 0.650. The summed E-state index contributed by atoms with van der Waals surface area (Å²) in [5.41, 5.74) is 0.167. The Kier molecular flexibility index (Phi) is 6.92. The number of benzene rings is 1. The number of nitrogens with one attached hydrogen (secondary N) is 2. The van der Waals surface area contributed by atoms with Crippen LogP contribution in [0, 0.1) is 18.6 Å². The Labute approximate surface area is 168 Å². The molecule has 1 aromatic heterocycles. The lowest BCUT2D eigenvalue weighted by atomic mass is 10.1. The second kappa shape index (κ2) is 9.60. The largest absolute Gasteiger partial charge is 0.356 e. The highest BCUT2D eigenvalue weighted by atomic mass is 19.2. The van der Waals surface area contributed by atoms with Gasteiger partial charge >= 0.3 is 0 Å². The van der Waals surface area contributed by atoms with E-state index in [1.807, 2.05) is 17.7 Å². The van der Waals surface area contributed by atoms with Crippen molar-refractivity contribution in [1.29, 1.82) is 0 Å². The SMILES string of the molecule is Cc1nccn1CCCNC(=O)C[C@H]1C(=O)NCCN1Cc1cccc(F)c1F. The number of nitrogens with zero attached hydrogens (tertiary/aromatic N) is 3. The molecule has 1 aliphatic rings. The monoisotopic (exact) mass is 405 g/mol. The Bertz CT molecular complexity index is 870. The molecule has 0 saturated carbocycles. The number of piperazine rings is 1. The Morgan fingerprint density at radius 1 is 1.38 bits per heavy atom. The molecule has 9 heteroatoms. The number of hydrogen-bond donors (Lipinski definition) is 2. The van der Waals surface area contributed by atoms with Gasteiger partial charge in [-0.15, -0.1) is 0 Å². The van der Waals surface area contributed by atoms with Crippen molar-refractivity contribution >= 4 is 11.8 Å². The first kappa shape index (κ1) is 20.9. The fourth-order valence-electron chi connectivity index (χ4n) is 3.43. The van der Waals surface area contributed by atoms with Crippen molar-refractivity contribution in [3.05, 3.63) is 53.6 Å². The molecule has 1 saturated heterocycles. The average Bonchev–Trinajstić information content (AvgIpc) is 3.10. The number of carbonyl (C=O) groups is 2. The standard InChI is InChI=1S/C20H25F2N5O2/c1-14-23-7-10-26(14)9-3-6-24-18(28)12-17-20(29)25-8-11-27(17)13-15-4-2-5-16(21)19(15)22/h2,4-5,7,10,17H,3,6,8-9,11-13H2,1H3,(H,24,28)(H,25,29)/t17-/m0/s1. The maximum atomic E-state index is 14.0. The Balaban J connectivity index is 1.53. The molecule has 2 N–H and O–H groups in total. The molecule has 0 radical (unpaired) electrons. The maximum Gasteiger partial charge on any atom is 0.237 e. The zero-order chi connectivity index (χ0) is 20.8. The van der Waals surface area contributed by atoms with Gasteiger partial charge in [0.25, 0.3) is 0 Å². The van der Waals surface area contributed by atoms with Crippen molar-refractivity contribution in [2.24, 2.45) is 0 Å². The fourth-order valence-corrected chi connectivity index (χ4v) is 3.43. The lowest BCUT2D eigenvalue weighted by Gasteiger charge is -2.34. The topological polar surface area (TPSA) is 79.3 Å². The van der Waals surface area contributed by atoms with Crippen LogP contribution in [-0.4, -0.2) is 51.9 Å². The van der Waals surface area contributed by atoms with Gasteiger partial charge < -0.3 is 15.2 Å². The van der Waals surface area contributed by atoms with Crippen LogP contribution in [0.1, 0.15) is 24.2 Å². The number of amides is 2. The van der Waals surface area contributed by atoms with E-state index in [0.29, 0.717) is 19.6 Å². The third kappa shape index (κ3) is 5.38. The number of carbonyl (C=O) groups excluding carboxylic acids is 2. The van der Waals surface area contributed by atoms with Gasteiger partial charge in [-0.2, -0.15) is 0 Å². The number of halogens is 2. The van der Waals surface area contributed by atoms with E-state index in [0.717, 1.165) is 24.9 Å². The van der Waals surface area contributed by atoms with Crippen LogP contribution >= 0.6 is 0 Å². The molecular weight excluding hydrogens is 380 g/mol. The average molecular weight is 405 g/mol. The molecule has 1 aromatic carbocycles. The molecule has 0 bridgehead atoms. The van der Waals surface area contributed by atoms with E-state index < -0.39 is 17.7 Å². The first-order valence-corrected chi connectivity index (χ1v) is 9.65. The van der Waals surface area contributed by atoms with E-state index in [1.165, 1.54) is 12.1 Å². The van der Waals surface area contributed by atoms with Gasteiger partial charge in [0.2, 0.25) is 11.8 Å². The fraction of sp³-hybridized carbons (Fsp3) is 0.450. The van der Waals surface area contributed by atoms with Gasteiger partial charge in [0.15, 0.2) is 11.6 Å². The number of aryl methyl sites for hydroxylation is 2. The van der Waals surface area contributed by atoms with Crippen molar-refractivity contribution < 1.29 is 18.4 Å². The van der Waals surface area contributed by atoms with Crippen LogP contribution in [0.4, 0.5) is 8.78 Å². The van der Waals surface area contributed by atoms with Gasteiger partial charge in [0.05, 0.1) is 12.5 Å². The summed E-state index contributed by atoms with van der Waals surface area (Å²) in [5.74, 6) is -1.46. The van der Waals surface area contributed by atoms with Crippen LogP contribution in [0.2, 0.25) is 0 Å². The summed E-state index contributed by atoms with van der Waals surface area (Å²) in [6.07, 6.45) is 4.31. The highest BCUT2D eigenvalue weighted by Gasteiger charge is 2.32. The maximum absolute atomic E-state index is 14.0. The second-order valence-corrected chi connectivity index (χ2v) is 7.07. The molecule has 7 nitrogen and oxygen atoms in total. The third-order valence-corrected chi connectivity index (χ3v) is 5.05. The van der Waals surface area contributed by atoms with Crippen molar-refractivity contribution in [3.63, 3.8) is 0 Å². The zero-order valence-electron chi connectivity index (χ0n) is 16.3. The minimum Gasteiger partial charge on any atom is -0.356 e. The molecule has 2 amide bonds. The molecule has 2 heterocycles. The summed E-state index contributed by atoms with van der Waals surface area (Å²) in [4.78, 5) is 30.5. The first-order valence-electron chi connectivity index (χ1n) is 9.65. The van der Waals surface area contributed by atoms with E-state index in [9.17, 15) is 18.4 Å². The molecule has 1 fully saturated rings.